The molecule has 0 spiro atoms. The number of ether oxygens (including phenoxy) is 2. The Bertz CT molecular complexity index is 766. The van der Waals surface area contributed by atoms with E-state index < -0.39 is 9.84 Å². The molecule has 7 heteroatoms. The minimum atomic E-state index is -3.97. The second-order valence-corrected chi connectivity index (χ2v) is 7.35. The lowest BCUT2D eigenvalue weighted by atomic mass is 10.3. The van der Waals surface area contributed by atoms with Gasteiger partial charge in [-0.05, 0) is 37.1 Å². The van der Waals surface area contributed by atoms with Crippen LogP contribution in [-0.4, -0.2) is 31.8 Å². The Hall–Kier alpha value is -2.41. The summed E-state index contributed by atoms with van der Waals surface area (Å²) < 4.78 is 37.2. The fraction of sp³-hybridized carbons (Fsp3) is 0.333. The normalized spacial score (nSPS) is 11.3. The Morgan fingerprint density at radius 1 is 0.800 bits per heavy atom. The van der Waals surface area contributed by atoms with Crippen LogP contribution in [0.4, 0.5) is 0 Å². The van der Waals surface area contributed by atoms with Crippen LogP contribution in [0.15, 0.2) is 46.2 Å². The summed E-state index contributed by atoms with van der Waals surface area (Å²) >= 11 is 0. The monoisotopic (exact) mass is 366 g/mol. The van der Waals surface area contributed by atoms with Crippen LogP contribution in [0.2, 0.25) is 0 Å². The van der Waals surface area contributed by atoms with Crippen molar-refractivity contribution in [2.45, 2.75) is 36.5 Å². The van der Waals surface area contributed by atoms with Gasteiger partial charge in [0.1, 0.15) is 32.8 Å². The van der Waals surface area contributed by atoms with Gasteiger partial charge in [-0.3, -0.25) is 0 Å². The van der Waals surface area contributed by atoms with E-state index in [0.29, 0.717) is 26.1 Å². The lowest BCUT2D eigenvalue weighted by Crippen LogP contribution is -2.09. The van der Waals surface area contributed by atoms with Gasteiger partial charge in [0.15, 0.2) is 0 Å². The molecular formula is C18H22O6S. The predicted molar refractivity (Wildman–Crippen MR) is 93.2 cm³/mol. The molecule has 0 amide bonds. The maximum Gasteiger partial charge on any atom is 0.213 e. The molecule has 2 rings (SSSR count). The Labute approximate surface area is 147 Å². The number of rotatable bonds is 8. The molecule has 0 aliphatic heterocycles. The summed E-state index contributed by atoms with van der Waals surface area (Å²) in [6, 6.07) is 7.72. The van der Waals surface area contributed by atoms with E-state index in [9.17, 15) is 18.6 Å². The third kappa shape index (κ3) is 4.36. The molecule has 0 heterocycles. The van der Waals surface area contributed by atoms with Gasteiger partial charge in [0.25, 0.3) is 0 Å². The van der Waals surface area contributed by atoms with Gasteiger partial charge in [0.05, 0.1) is 13.2 Å². The molecule has 0 saturated heterocycles. The number of phenols is 2. The van der Waals surface area contributed by atoms with Crippen LogP contribution in [0, 0.1) is 0 Å². The molecule has 0 saturated carbocycles. The van der Waals surface area contributed by atoms with Crippen LogP contribution in [-0.2, 0) is 9.84 Å². The largest absolute Gasteiger partial charge is 0.508 e. The number of aromatic hydroxyl groups is 2. The van der Waals surface area contributed by atoms with Gasteiger partial charge < -0.3 is 19.7 Å². The highest BCUT2D eigenvalue weighted by molar-refractivity contribution is 7.91. The minimum Gasteiger partial charge on any atom is -0.508 e. The summed E-state index contributed by atoms with van der Waals surface area (Å²) in [5.74, 6) is -0.0100. The zero-order chi connectivity index (χ0) is 18.4. The molecule has 0 aliphatic rings. The molecule has 0 radical (unpaired) electrons. The molecule has 0 atom stereocenters. The van der Waals surface area contributed by atoms with E-state index in [4.69, 9.17) is 9.47 Å². The maximum atomic E-state index is 13.1. The molecule has 2 N–H and O–H groups in total. The van der Waals surface area contributed by atoms with Crippen molar-refractivity contribution in [3.8, 4) is 23.0 Å². The van der Waals surface area contributed by atoms with E-state index in [1.165, 1.54) is 36.4 Å². The first kappa shape index (κ1) is 18.9. The third-order valence-corrected chi connectivity index (χ3v) is 5.19. The minimum absolute atomic E-state index is 0.0641. The van der Waals surface area contributed by atoms with Crippen LogP contribution in [0.5, 0.6) is 23.0 Å². The Morgan fingerprint density at radius 3 is 1.56 bits per heavy atom. The van der Waals surface area contributed by atoms with E-state index in [0.717, 1.165) is 0 Å². The van der Waals surface area contributed by atoms with Crippen LogP contribution in [0.3, 0.4) is 0 Å². The fourth-order valence-electron chi connectivity index (χ4n) is 2.21. The standard InChI is InChI=1S/C18H22O6S/c1-3-9-23-15-11-13(19)5-7-17(15)25(21,22)18-8-6-14(20)12-16(18)24-10-4-2/h5-8,11-12,19-20H,3-4,9-10H2,1-2H3. The van der Waals surface area contributed by atoms with Gasteiger partial charge in [0, 0.05) is 12.1 Å². The average molecular weight is 366 g/mol. The lowest BCUT2D eigenvalue weighted by Gasteiger charge is -2.15. The first-order chi connectivity index (χ1) is 11.9. The number of sulfone groups is 1. The van der Waals surface area contributed by atoms with Gasteiger partial charge in [-0.25, -0.2) is 8.42 Å². The molecule has 0 aromatic heterocycles. The Kier molecular flexibility index (Phi) is 6.14. The van der Waals surface area contributed by atoms with E-state index in [1.54, 1.807) is 0 Å². The number of phenolic OH excluding ortho intramolecular Hbond substituents is 2. The van der Waals surface area contributed by atoms with Crippen molar-refractivity contribution in [2.24, 2.45) is 0 Å². The van der Waals surface area contributed by atoms with Crippen LogP contribution in [0.25, 0.3) is 0 Å². The van der Waals surface area contributed by atoms with Crippen molar-refractivity contribution in [1.29, 1.82) is 0 Å². The highest BCUT2D eigenvalue weighted by atomic mass is 32.2. The van der Waals surface area contributed by atoms with Gasteiger partial charge >= 0.3 is 0 Å². The molecule has 2 aromatic carbocycles. The first-order valence-corrected chi connectivity index (χ1v) is 9.55. The predicted octanol–water partition coefficient (Wildman–Crippen LogP) is 3.51. The van der Waals surface area contributed by atoms with Crippen LogP contribution in [0.1, 0.15) is 26.7 Å². The Balaban J connectivity index is 2.56. The summed E-state index contributed by atoms with van der Waals surface area (Å²) in [6.45, 7) is 4.43. The van der Waals surface area contributed by atoms with E-state index in [2.05, 4.69) is 0 Å². The quantitative estimate of drug-likeness (QED) is 0.743. The molecule has 136 valence electrons. The molecule has 2 aromatic rings. The highest BCUT2D eigenvalue weighted by Gasteiger charge is 2.26. The van der Waals surface area contributed by atoms with Crippen molar-refractivity contribution < 1.29 is 28.1 Å². The van der Waals surface area contributed by atoms with Gasteiger partial charge in [-0.1, -0.05) is 13.8 Å². The van der Waals surface area contributed by atoms with Crippen molar-refractivity contribution >= 4 is 9.84 Å². The first-order valence-electron chi connectivity index (χ1n) is 8.06. The third-order valence-electron chi connectivity index (χ3n) is 3.36. The smallest absolute Gasteiger partial charge is 0.213 e. The van der Waals surface area contributed by atoms with Crippen molar-refractivity contribution in [1.82, 2.24) is 0 Å². The molecule has 25 heavy (non-hydrogen) atoms. The van der Waals surface area contributed by atoms with Gasteiger partial charge in [-0.2, -0.15) is 0 Å². The van der Waals surface area contributed by atoms with E-state index in [-0.39, 0.29) is 32.8 Å². The van der Waals surface area contributed by atoms with Crippen LogP contribution < -0.4 is 9.47 Å². The second kappa shape index (κ2) is 8.11. The summed E-state index contributed by atoms with van der Waals surface area (Å²) in [7, 11) is -3.97. The zero-order valence-electron chi connectivity index (χ0n) is 14.2. The van der Waals surface area contributed by atoms with E-state index in [1.807, 2.05) is 13.8 Å². The average Bonchev–Trinajstić information content (AvgIpc) is 2.57. The molecule has 0 bridgehead atoms. The van der Waals surface area contributed by atoms with Gasteiger partial charge in [0.2, 0.25) is 9.84 Å². The van der Waals surface area contributed by atoms with Gasteiger partial charge in [-0.15, -0.1) is 0 Å². The molecule has 0 aliphatic carbocycles. The number of benzene rings is 2. The van der Waals surface area contributed by atoms with Crippen molar-refractivity contribution in [2.75, 3.05) is 13.2 Å². The van der Waals surface area contributed by atoms with Crippen molar-refractivity contribution in [3.05, 3.63) is 36.4 Å². The summed E-state index contributed by atoms with van der Waals surface area (Å²) in [5.41, 5.74) is 0. The number of hydrogen-bond donors (Lipinski definition) is 2. The fourth-order valence-corrected chi connectivity index (χ4v) is 3.70. The maximum absolute atomic E-state index is 13.1. The van der Waals surface area contributed by atoms with E-state index >= 15 is 0 Å². The molecule has 0 fully saturated rings. The van der Waals surface area contributed by atoms with Crippen LogP contribution >= 0.6 is 0 Å². The number of hydrogen-bond acceptors (Lipinski definition) is 6. The topological polar surface area (TPSA) is 93.1 Å². The molecule has 6 nitrogen and oxygen atoms in total. The summed E-state index contributed by atoms with van der Waals surface area (Å²) in [4.78, 5) is -0.128. The Morgan fingerprint density at radius 2 is 1.20 bits per heavy atom. The molecule has 0 unspecified atom stereocenters. The second-order valence-electron chi connectivity index (χ2n) is 5.46. The molecular weight excluding hydrogens is 344 g/mol. The summed E-state index contributed by atoms with van der Waals surface area (Å²) in [6.07, 6.45) is 1.39. The van der Waals surface area contributed by atoms with Crippen molar-refractivity contribution in [3.63, 3.8) is 0 Å². The lowest BCUT2D eigenvalue weighted by molar-refractivity contribution is 0.305. The zero-order valence-corrected chi connectivity index (χ0v) is 15.0. The summed E-state index contributed by atoms with van der Waals surface area (Å²) in [5, 5.41) is 19.3. The SMILES string of the molecule is CCCOc1cc(O)ccc1S(=O)(=O)c1ccc(O)cc1OCCC. The highest BCUT2D eigenvalue weighted by Crippen LogP contribution is 2.37.